The highest BCUT2D eigenvalue weighted by atomic mass is 19.1. The van der Waals surface area contributed by atoms with Crippen LogP contribution in [0.3, 0.4) is 0 Å². The second kappa shape index (κ2) is 4.39. The Morgan fingerprint density at radius 1 is 1.44 bits per heavy atom. The van der Waals surface area contributed by atoms with E-state index in [1.165, 1.54) is 18.1 Å². The van der Waals surface area contributed by atoms with Gasteiger partial charge in [-0.05, 0) is 55.6 Å². The van der Waals surface area contributed by atoms with Gasteiger partial charge in [0, 0.05) is 23.6 Å². The fourth-order valence-corrected chi connectivity index (χ4v) is 2.78. The smallest absolute Gasteiger partial charge is 0.123 e. The normalized spacial score (nSPS) is 22.9. The lowest BCUT2D eigenvalue weighted by molar-refractivity contribution is 0.335. The molecular formula is C15H19FN2. The number of nitrogens with one attached hydrogen (secondary N) is 1. The van der Waals surface area contributed by atoms with Crippen molar-refractivity contribution in [2.24, 2.45) is 5.92 Å². The first-order valence-corrected chi connectivity index (χ1v) is 6.64. The summed E-state index contributed by atoms with van der Waals surface area (Å²) >= 11 is 0. The molecule has 1 aliphatic carbocycles. The van der Waals surface area contributed by atoms with Gasteiger partial charge in [-0.2, -0.15) is 0 Å². The van der Waals surface area contributed by atoms with Crippen LogP contribution in [0.4, 0.5) is 4.39 Å². The molecule has 18 heavy (non-hydrogen) atoms. The first kappa shape index (κ1) is 11.7. The Labute approximate surface area is 107 Å². The van der Waals surface area contributed by atoms with E-state index in [2.05, 4.69) is 30.1 Å². The fourth-order valence-electron chi connectivity index (χ4n) is 2.78. The van der Waals surface area contributed by atoms with Gasteiger partial charge in [-0.15, -0.1) is 0 Å². The van der Waals surface area contributed by atoms with E-state index in [0.29, 0.717) is 5.92 Å². The summed E-state index contributed by atoms with van der Waals surface area (Å²) in [7, 11) is 2.16. The van der Waals surface area contributed by atoms with Crippen molar-refractivity contribution >= 4 is 10.9 Å². The summed E-state index contributed by atoms with van der Waals surface area (Å²) in [4.78, 5) is 5.59. The van der Waals surface area contributed by atoms with Crippen LogP contribution in [0.15, 0.2) is 24.4 Å². The molecule has 0 radical (unpaired) electrons. The van der Waals surface area contributed by atoms with Gasteiger partial charge in [0.15, 0.2) is 0 Å². The molecule has 3 rings (SSSR count). The van der Waals surface area contributed by atoms with Gasteiger partial charge in [-0.3, -0.25) is 0 Å². The zero-order valence-electron chi connectivity index (χ0n) is 10.9. The fraction of sp³-hybridized carbons (Fsp3) is 0.467. The molecule has 1 aliphatic rings. The highest BCUT2D eigenvalue weighted by Gasteiger charge is 2.39. The molecule has 2 atom stereocenters. The van der Waals surface area contributed by atoms with Crippen LogP contribution in [0, 0.1) is 11.7 Å². The molecule has 0 saturated heterocycles. The number of hydrogen-bond donors (Lipinski definition) is 1. The quantitative estimate of drug-likeness (QED) is 0.876. The van der Waals surface area contributed by atoms with Gasteiger partial charge in [-0.1, -0.05) is 6.92 Å². The molecule has 1 fully saturated rings. The Hall–Kier alpha value is -1.35. The third-order valence-corrected chi connectivity index (χ3v) is 4.08. The van der Waals surface area contributed by atoms with Gasteiger partial charge in [0.05, 0.1) is 0 Å². The van der Waals surface area contributed by atoms with E-state index >= 15 is 0 Å². The average Bonchev–Trinajstić information content (AvgIpc) is 2.99. The zero-order valence-corrected chi connectivity index (χ0v) is 10.9. The molecule has 2 unspecified atom stereocenters. The molecule has 1 N–H and O–H groups in total. The average molecular weight is 246 g/mol. The number of H-pyrrole nitrogens is 1. The standard InChI is InChI=1S/C15H19FN2/c1-3-18(2)9-10-6-12(10)14-8-17-15-5-4-11(16)7-13(14)15/h4-5,7-8,10,12,17H,3,6,9H2,1-2H3. The maximum absolute atomic E-state index is 13.3. The van der Waals surface area contributed by atoms with Crippen LogP contribution in [-0.2, 0) is 0 Å². The highest BCUT2D eigenvalue weighted by Crippen LogP contribution is 2.49. The molecule has 3 heteroatoms. The van der Waals surface area contributed by atoms with E-state index in [0.717, 1.165) is 29.9 Å². The van der Waals surface area contributed by atoms with Gasteiger partial charge >= 0.3 is 0 Å². The van der Waals surface area contributed by atoms with Crippen LogP contribution < -0.4 is 0 Å². The molecule has 2 nitrogen and oxygen atoms in total. The lowest BCUT2D eigenvalue weighted by Gasteiger charge is -2.12. The van der Waals surface area contributed by atoms with E-state index in [-0.39, 0.29) is 5.82 Å². The van der Waals surface area contributed by atoms with E-state index in [4.69, 9.17) is 0 Å². The van der Waals surface area contributed by atoms with Crippen LogP contribution >= 0.6 is 0 Å². The van der Waals surface area contributed by atoms with Crippen molar-refractivity contribution in [2.75, 3.05) is 20.1 Å². The SMILES string of the molecule is CCN(C)CC1CC1c1c[nH]c2ccc(F)cc12. The summed E-state index contributed by atoms with van der Waals surface area (Å²) in [5.41, 5.74) is 2.33. The summed E-state index contributed by atoms with van der Waals surface area (Å²) in [5.74, 6) is 1.19. The van der Waals surface area contributed by atoms with Crippen LogP contribution in [0.2, 0.25) is 0 Å². The van der Waals surface area contributed by atoms with Gasteiger partial charge in [-0.25, -0.2) is 4.39 Å². The van der Waals surface area contributed by atoms with Crippen LogP contribution in [0.1, 0.15) is 24.8 Å². The summed E-state index contributed by atoms with van der Waals surface area (Å²) in [6, 6.07) is 4.99. The molecule has 1 aromatic carbocycles. The van der Waals surface area contributed by atoms with Crippen molar-refractivity contribution in [3.8, 4) is 0 Å². The van der Waals surface area contributed by atoms with E-state index in [1.807, 2.05) is 6.07 Å². The number of benzene rings is 1. The first-order chi connectivity index (χ1) is 8.69. The number of aromatic nitrogens is 1. The first-order valence-electron chi connectivity index (χ1n) is 6.64. The molecular weight excluding hydrogens is 227 g/mol. The molecule has 1 saturated carbocycles. The Bertz CT molecular complexity index is 561. The molecule has 0 spiro atoms. The lowest BCUT2D eigenvalue weighted by atomic mass is 10.1. The second-order valence-corrected chi connectivity index (χ2v) is 5.39. The van der Waals surface area contributed by atoms with Crippen LogP contribution in [0.5, 0.6) is 0 Å². The third-order valence-electron chi connectivity index (χ3n) is 4.08. The number of fused-ring (bicyclic) bond motifs is 1. The van der Waals surface area contributed by atoms with Gasteiger partial charge in [0.1, 0.15) is 5.82 Å². The van der Waals surface area contributed by atoms with Crippen molar-refractivity contribution in [2.45, 2.75) is 19.3 Å². The zero-order chi connectivity index (χ0) is 12.7. The van der Waals surface area contributed by atoms with Gasteiger partial charge in [0.25, 0.3) is 0 Å². The minimum atomic E-state index is -0.147. The molecule has 0 bridgehead atoms. The molecule has 1 heterocycles. The summed E-state index contributed by atoms with van der Waals surface area (Å²) in [5, 5.41) is 1.06. The Balaban J connectivity index is 1.82. The van der Waals surface area contributed by atoms with Crippen LogP contribution in [-0.4, -0.2) is 30.0 Å². The monoisotopic (exact) mass is 246 g/mol. The number of halogens is 1. The molecule has 96 valence electrons. The second-order valence-electron chi connectivity index (χ2n) is 5.39. The minimum Gasteiger partial charge on any atom is -0.361 e. The minimum absolute atomic E-state index is 0.147. The largest absolute Gasteiger partial charge is 0.361 e. The van der Waals surface area contributed by atoms with E-state index < -0.39 is 0 Å². The van der Waals surface area contributed by atoms with Crippen molar-refractivity contribution in [3.05, 3.63) is 35.8 Å². The van der Waals surface area contributed by atoms with Crippen LogP contribution in [0.25, 0.3) is 10.9 Å². The third kappa shape index (κ3) is 2.03. The maximum Gasteiger partial charge on any atom is 0.123 e. The van der Waals surface area contributed by atoms with Gasteiger partial charge in [0.2, 0.25) is 0 Å². The summed E-state index contributed by atoms with van der Waals surface area (Å²) in [6.07, 6.45) is 3.29. The van der Waals surface area contributed by atoms with Crippen molar-refractivity contribution in [1.82, 2.24) is 9.88 Å². The number of aromatic amines is 1. The lowest BCUT2D eigenvalue weighted by Crippen LogP contribution is -2.20. The molecule has 1 aromatic heterocycles. The summed E-state index contributed by atoms with van der Waals surface area (Å²) in [6.45, 7) is 4.41. The van der Waals surface area contributed by atoms with Crippen molar-refractivity contribution in [3.63, 3.8) is 0 Å². The van der Waals surface area contributed by atoms with Gasteiger partial charge < -0.3 is 9.88 Å². The summed E-state index contributed by atoms with van der Waals surface area (Å²) < 4.78 is 13.3. The molecule has 2 aromatic rings. The maximum atomic E-state index is 13.3. The number of rotatable bonds is 4. The Morgan fingerprint density at radius 3 is 3.06 bits per heavy atom. The molecule has 0 aliphatic heterocycles. The predicted molar refractivity (Wildman–Crippen MR) is 72.3 cm³/mol. The van der Waals surface area contributed by atoms with E-state index in [9.17, 15) is 4.39 Å². The predicted octanol–water partition coefficient (Wildman–Crippen LogP) is 3.36. The van der Waals surface area contributed by atoms with E-state index in [1.54, 1.807) is 6.07 Å². The molecule has 0 amide bonds. The number of hydrogen-bond acceptors (Lipinski definition) is 1. The topological polar surface area (TPSA) is 19.0 Å². The van der Waals surface area contributed by atoms with Crippen molar-refractivity contribution in [1.29, 1.82) is 0 Å². The Kier molecular flexibility index (Phi) is 2.86. The highest BCUT2D eigenvalue weighted by molar-refractivity contribution is 5.84. The number of nitrogens with zero attached hydrogens (tertiary/aromatic N) is 1. The van der Waals surface area contributed by atoms with Crippen molar-refractivity contribution < 1.29 is 4.39 Å². The Morgan fingerprint density at radius 2 is 2.28 bits per heavy atom.